The number of rotatable bonds is 7. The quantitative estimate of drug-likeness (QED) is 0.311. The van der Waals surface area contributed by atoms with Crippen LogP contribution in [-0.2, 0) is 13.0 Å². The monoisotopic (exact) mass is 481 g/mol. The third-order valence-electron chi connectivity index (χ3n) is 5.34. The predicted octanol–water partition coefficient (Wildman–Crippen LogP) is 6.15. The van der Waals surface area contributed by atoms with Gasteiger partial charge in [-0.1, -0.05) is 96.6 Å². The molecule has 0 radical (unpaired) electrons. The van der Waals surface area contributed by atoms with Gasteiger partial charge in [0, 0.05) is 37.0 Å². The first-order valence-electron chi connectivity index (χ1n) is 11.7. The molecule has 0 aliphatic heterocycles. The van der Waals surface area contributed by atoms with E-state index in [9.17, 15) is 4.79 Å². The highest BCUT2D eigenvalue weighted by molar-refractivity contribution is 7.80. The van der Waals surface area contributed by atoms with E-state index in [0.717, 1.165) is 27.4 Å². The fourth-order valence-corrected chi connectivity index (χ4v) is 3.62. The Morgan fingerprint density at radius 1 is 0.800 bits per heavy atom. The van der Waals surface area contributed by atoms with Gasteiger partial charge in [0.15, 0.2) is 0 Å². The van der Waals surface area contributed by atoms with Crippen LogP contribution in [0.3, 0.4) is 0 Å². The first kappa shape index (κ1) is 25.8. The summed E-state index contributed by atoms with van der Waals surface area (Å²) in [5.74, 6) is -0.0831. The molecule has 0 aliphatic carbocycles. The maximum absolute atomic E-state index is 12.8. The van der Waals surface area contributed by atoms with Crippen LogP contribution in [0.25, 0.3) is 11.1 Å². The molecule has 0 spiro atoms. The maximum Gasteiger partial charge on any atom is 0.251 e. The van der Waals surface area contributed by atoms with Gasteiger partial charge in [-0.25, -0.2) is 0 Å². The molecule has 0 atom stereocenters. The van der Waals surface area contributed by atoms with E-state index >= 15 is 0 Å². The fraction of sp³-hybridized carbons (Fsp3) is 0.167. The van der Waals surface area contributed by atoms with Crippen molar-refractivity contribution in [2.24, 2.45) is 0 Å². The summed E-state index contributed by atoms with van der Waals surface area (Å²) in [6.45, 7) is 5.11. The minimum absolute atomic E-state index is 0.0831. The molecule has 0 aliphatic rings. The second kappa shape index (κ2) is 13.8. The maximum atomic E-state index is 12.8. The van der Waals surface area contributed by atoms with E-state index in [2.05, 4.69) is 40.7 Å². The van der Waals surface area contributed by atoms with Crippen LogP contribution >= 0.6 is 12.2 Å². The number of nitrogens with one attached hydrogen (secondary N) is 2. The molecule has 0 saturated carbocycles. The summed E-state index contributed by atoms with van der Waals surface area (Å²) in [4.78, 5) is 17.9. The largest absolute Gasteiger partial charge is 0.376 e. The molecule has 0 saturated heterocycles. The van der Waals surface area contributed by atoms with Crippen LogP contribution < -0.4 is 10.6 Å². The van der Waals surface area contributed by atoms with Gasteiger partial charge in [-0.3, -0.25) is 9.78 Å². The second-order valence-corrected chi connectivity index (χ2v) is 8.71. The van der Waals surface area contributed by atoms with E-state index in [1.807, 2.05) is 85.8 Å². The molecule has 4 aromatic rings. The molecule has 0 fully saturated rings. The van der Waals surface area contributed by atoms with Gasteiger partial charge < -0.3 is 10.6 Å². The van der Waals surface area contributed by atoms with Crippen LogP contribution in [0.4, 0.5) is 0 Å². The van der Waals surface area contributed by atoms with Crippen molar-refractivity contribution in [2.45, 2.75) is 26.8 Å². The van der Waals surface area contributed by atoms with Crippen LogP contribution in [-0.4, -0.2) is 22.4 Å². The van der Waals surface area contributed by atoms with E-state index in [-0.39, 0.29) is 5.91 Å². The number of thiocarbonyl (C=S) groups is 1. The normalized spacial score (nSPS) is 10.0. The molecule has 5 heteroatoms. The van der Waals surface area contributed by atoms with Gasteiger partial charge >= 0.3 is 0 Å². The molecular weight excluding hydrogens is 450 g/mol. The highest BCUT2D eigenvalue weighted by atomic mass is 32.1. The number of pyridine rings is 1. The number of amides is 1. The first-order valence-corrected chi connectivity index (χ1v) is 12.1. The summed E-state index contributed by atoms with van der Waals surface area (Å²) in [6.07, 6.45) is 2.46. The Bertz CT molecular complexity index is 1230. The Kier molecular flexibility index (Phi) is 10.1. The molecule has 35 heavy (non-hydrogen) atoms. The molecule has 0 bridgehead atoms. The van der Waals surface area contributed by atoms with Crippen LogP contribution in [0.15, 0.2) is 103 Å². The number of carbonyl (C=O) groups is 1. The zero-order valence-electron chi connectivity index (χ0n) is 20.2. The highest BCUT2D eigenvalue weighted by Crippen LogP contribution is 2.27. The van der Waals surface area contributed by atoms with Gasteiger partial charge in [0.05, 0.1) is 4.99 Å². The zero-order chi connectivity index (χ0) is 24.9. The van der Waals surface area contributed by atoms with Crippen molar-refractivity contribution in [3.8, 4) is 11.1 Å². The van der Waals surface area contributed by atoms with Gasteiger partial charge in [-0.05, 0) is 48.7 Å². The minimum Gasteiger partial charge on any atom is -0.376 e. The lowest BCUT2D eigenvalue weighted by Crippen LogP contribution is -2.26. The van der Waals surface area contributed by atoms with Crippen molar-refractivity contribution in [2.75, 3.05) is 6.54 Å². The van der Waals surface area contributed by atoms with Crippen LogP contribution in [0.1, 0.15) is 34.1 Å². The Morgan fingerprint density at radius 3 is 2.11 bits per heavy atom. The molecule has 1 amide bonds. The average Bonchev–Trinajstić information content (AvgIpc) is 2.89. The zero-order valence-corrected chi connectivity index (χ0v) is 21.0. The minimum atomic E-state index is -0.0831. The van der Waals surface area contributed by atoms with E-state index < -0.39 is 0 Å². The number of hydrogen-bond donors (Lipinski definition) is 2. The predicted molar refractivity (Wildman–Crippen MR) is 148 cm³/mol. The van der Waals surface area contributed by atoms with Crippen molar-refractivity contribution in [3.05, 3.63) is 126 Å². The number of nitrogens with zero attached hydrogens (tertiary/aromatic N) is 1. The summed E-state index contributed by atoms with van der Waals surface area (Å²) in [5, 5.41) is 6.21. The molecule has 2 N–H and O–H groups in total. The molecular formula is C30H31N3OS. The fourth-order valence-electron chi connectivity index (χ4n) is 3.55. The molecule has 1 aromatic heterocycles. The summed E-state index contributed by atoms with van der Waals surface area (Å²) in [7, 11) is 0. The highest BCUT2D eigenvalue weighted by Gasteiger charge is 2.14. The lowest BCUT2D eigenvalue weighted by molar-refractivity contribution is 0.0954. The van der Waals surface area contributed by atoms with Crippen LogP contribution in [0.5, 0.6) is 0 Å². The van der Waals surface area contributed by atoms with Crippen LogP contribution in [0.2, 0.25) is 0 Å². The standard InChI is InChI=1S/C23H23N3OS.C7H8/c1-17(28)26-16-18-8-2-3-10-20(18)21-11-4-5-12-22(21)23(27)25-15-13-19-9-6-7-14-24-19;1-7-5-3-2-4-6-7/h2-12,14H,13,15-16H2,1H3,(H,25,27)(H,26,28);2-6H,1H3. The van der Waals surface area contributed by atoms with Crippen molar-refractivity contribution in [3.63, 3.8) is 0 Å². The molecule has 4 nitrogen and oxygen atoms in total. The summed E-state index contributed by atoms with van der Waals surface area (Å²) < 4.78 is 0. The van der Waals surface area contributed by atoms with Gasteiger partial charge in [-0.15, -0.1) is 0 Å². The Balaban J connectivity index is 0.000000420. The summed E-state index contributed by atoms with van der Waals surface area (Å²) in [6, 6.07) is 31.8. The first-order chi connectivity index (χ1) is 17.0. The number of hydrogen-bond acceptors (Lipinski definition) is 3. The Labute approximate surface area is 213 Å². The summed E-state index contributed by atoms with van der Waals surface area (Å²) in [5.41, 5.74) is 5.99. The molecule has 3 aromatic carbocycles. The SMILES string of the molecule is CC(=S)NCc1ccccc1-c1ccccc1C(=O)NCCc1ccccn1.Cc1ccccc1. The van der Waals surface area contributed by atoms with Crippen molar-refractivity contribution >= 4 is 23.1 Å². The van der Waals surface area contributed by atoms with Crippen molar-refractivity contribution in [1.82, 2.24) is 15.6 Å². The molecule has 4 rings (SSSR count). The molecule has 0 unspecified atom stereocenters. The lowest BCUT2D eigenvalue weighted by atomic mass is 9.95. The second-order valence-electron chi connectivity index (χ2n) is 8.09. The van der Waals surface area contributed by atoms with E-state index in [4.69, 9.17) is 12.2 Å². The van der Waals surface area contributed by atoms with Gasteiger partial charge in [0.1, 0.15) is 0 Å². The molecule has 178 valence electrons. The van der Waals surface area contributed by atoms with E-state index in [0.29, 0.717) is 25.1 Å². The molecule has 1 heterocycles. The third kappa shape index (κ3) is 8.47. The van der Waals surface area contributed by atoms with Crippen LogP contribution in [0, 0.1) is 6.92 Å². The number of aromatic nitrogens is 1. The number of benzene rings is 3. The Hall–Kier alpha value is -3.83. The Morgan fingerprint density at radius 2 is 1.46 bits per heavy atom. The van der Waals surface area contributed by atoms with E-state index in [1.54, 1.807) is 6.20 Å². The summed E-state index contributed by atoms with van der Waals surface area (Å²) >= 11 is 5.13. The smallest absolute Gasteiger partial charge is 0.251 e. The number of aryl methyl sites for hydroxylation is 1. The topological polar surface area (TPSA) is 54.0 Å². The average molecular weight is 482 g/mol. The van der Waals surface area contributed by atoms with Crippen molar-refractivity contribution in [1.29, 1.82) is 0 Å². The van der Waals surface area contributed by atoms with E-state index in [1.165, 1.54) is 5.56 Å². The third-order valence-corrected chi connectivity index (χ3v) is 5.48. The number of carbonyl (C=O) groups excluding carboxylic acids is 1. The lowest BCUT2D eigenvalue weighted by Gasteiger charge is -2.14. The van der Waals surface area contributed by atoms with Gasteiger partial charge in [0.25, 0.3) is 5.91 Å². The van der Waals surface area contributed by atoms with Crippen molar-refractivity contribution < 1.29 is 4.79 Å². The van der Waals surface area contributed by atoms with Gasteiger partial charge in [0.2, 0.25) is 0 Å². The van der Waals surface area contributed by atoms with Gasteiger partial charge in [-0.2, -0.15) is 0 Å².